The van der Waals surface area contributed by atoms with Crippen LogP contribution in [0.1, 0.15) is 61.9 Å². The molecule has 3 aromatic rings. The highest BCUT2D eigenvalue weighted by Gasteiger charge is 2.15. The number of benzene rings is 2. The van der Waals surface area contributed by atoms with Gasteiger partial charge in [0.05, 0.1) is 0 Å². The lowest BCUT2D eigenvalue weighted by Crippen LogP contribution is -2.04. The van der Waals surface area contributed by atoms with Crippen LogP contribution in [0.5, 0.6) is 5.75 Å². The average molecular weight is 364 g/mol. The quantitative estimate of drug-likeness (QED) is 0.416. The normalized spacial score (nSPS) is 12.2. The monoisotopic (exact) mass is 363 g/mol. The fourth-order valence-electron chi connectivity index (χ4n) is 3.59. The van der Waals surface area contributed by atoms with Crippen LogP contribution in [0.4, 0.5) is 0 Å². The van der Waals surface area contributed by atoms with Crippen molar-refractivity contribution in [3.63, 3.8) is 0 Å². The van der Waals surface area contributed by atoms with Gasteiger partial charge in [-0.1, -0.05) is 63.4 Å². The van der Waals surface area contributed by atoms with Crippen LogP contribution in [0.3, 0.4) is 0 Å². The van der Waals surface area contributed by atoms with Crippen molar-refractivity contribution in [2.45, 2.75) is 52.6 Å². The predicted octanol–water partition coefficient (Wildman–Crippen LogP) is 6.54. The second kappa shape index (κ2) is 9.40. The Hall–Kier alpha value is -2.55. The highest BCUT2D eigenvalue weighted by Crippen LogP contribution is 2.27. The first kappa shape index (κ1) is 19.2. The van der Waals surface area contributed by atoms with Gasteiger partial charge in [0.25, 0.3) is 0 Å². The molecule has 1 aromatic heterocycles. The molecule has 0 aliphatic heterocycles. The topological polar surface area (TPSA) is 42.1 Å². The number of carbonyl (C=O) groups excluding carboxylic acids is 1. The summed E-state index contributed by atoms with van der Waals surface area (Å²) in [6.45, 7) is 4.95. The number of nitrogens with one attached hydrogen (secondary N) is 1. The third kappa shape index (κ3) is 5.00. The van der Waals surface area contributed by atoms with E-state index in [1.165, 1.54) is 12.8 Å². The van der Waals surface area contributed by atoms with Gasteiger partial charge in [0, 0.05) is 29.1 Å². The van der Waals surface area contributed by atoms with Crippen LogP contribution in [-0.4, -0.2) is 10.8 Å². The number of hydrogen-bond donors (Lipinski definition) is 1. The van der Waals surface area contributed by atoms with Crippen LogP contribution in [0.2, 0.25) is 0 Å². The molecule has 27 heavy (non-hydrogen) atoms. The largest absolute Gasteiger partial charge is 0.489 e. The summed E-state index contributed by atoms with van der Waals surface area (Å²) >= 11 is 0. The molecule has 142 valence electrons. The van der Waals surface area contributed by atoms with E-state index in [0.717, 1.165) is 40.6 Å². The molecule has 0 amide bonds. The van der Waals surface area contributed by atoms with Crippen molar-refractivity contribution in [2.24, 2.45) is 5.92 Å². The van der Waals surface area contributed by atoms with E-state index >= 15 is 0 Å². The molecular weight excluding hydrogens is 334 g/mol. The summed E-state index contributed by atoms with van der Waals surface area (Å²) in [5.41, 5.74) is 2.89. The van der Waals surface area contributed by atoms with Crippen molar-refractivity contribution in [3.8, 4) is 5.75 Å². The van der Waals surface area contributed by atoms with Crippen LogP contribution in [0.15, 0.2) is 54.7 Å². The van der Waals surface area contributed by atoms with Crippen molar-refractivity contribution in [1.29, 1.82) is 0 Å². The third-order valence-electron chi connectivity index (χ3n) is 5.26. The third-order valence-corrected chi connectivity index (χ3v) is 5.26. The van der Waals surface area contributed by atoms with Gasteiger partial charge in [0.15, 0.2) is 5.78 Å². The smallest absolute Gasteiger partial charge is 0.165 e. The fraction of sp³-hybridized carbons (Fsp3) is 0.375. The summed E-state index contributed by atoms with van der Waals surface area (Å²) in [5.74, 6) is 1.65. The van der Waals surface area contributed by atoms with Crippen molar-refractivity contribution in [2.75, 3.05) is 0 Å². The lowest BCUT2D eigenvalue weighted by molar-refractivity contribution is 0.0974. The molecule has 0 fully saturated rings. The molecular formula is C24H29NO2. The first-order valence-corrected chi connectivity index (χ1v) is 10.0. The van der Waals surface area contributed by atoms with Crippen molar-refractivity contribution in [1.82, 2.24) is 4.98 Å². The number of H-pyrrole nitrogens is 1. The first-order chi connectivity index (χ1) is 13.2. The maximum absolute atomic E-state index is 12.8. The van der Waals surface area contributed by atoms with Crippen molar-refractivity contribution >= 4 is 16.7 Å². The number of ether oxygens (including phenoxy) is 1. The molecule has 1 N–H and O–H groups in total. The molecule has 3 rings (SSSR count). The van der Waals surface area contributed by atoms with Gasteiger partial charge in [-0.25, -0.2) is 0 Å². The standard InChI is InChI=1S/C24H29NO2/c1-3-8-18(4-2)11-14-24(26)22-16-25-23-13-12-20(15-21(22)23)27-17-19-9-6-5-7-10-19/h5-7,9-10,12-13,15-16,18,25H,3-4,8,11,14,17H2,1-2H3. The molecule has 1 unspecified atom stereocenters. The van der Waals surface area contributed by atoms with E-state index in [4.69, 9.17) is 4.74 Å². The molecule has 0 spiro atoms. The Morgan fingerprint density at radius 1 is 1.07 bits per heavy atom. The maximum atomic E-state index is 12.8. The van der Waals surface area contributed by atoms with E-state index in [9.17, 15) is 4.79 Å². The summed E-state index contributed by atoms with van der Waals surface area (Å²) < 4.78 is 5.93. The Morgan fingerprint density at radius 3 is 2.63 bits per heavy atom. The van der Waals surface area contributed by atoms with E-state index in [-0.39, 0.29) is 5.78 Å². The number of aromatic nitrogens is 1. The number of Topliss-reactive ketones (excluding diaryl/α,β-unsaturated/α-hetero) is 1. The highest BCUT2D eigenvalue weighted by atomic mass is 16.5. The van der Waals surface area contributed by atoms with Crippen LogP contribution < -0.4 is 4.74 Å². The van der Waals surface area contributed by atoms with Gasteiger partial charge < -0.3 is 9.72 Å². The fourth-order valence-corrected chi connectivity index (χ4v) is 3.59. The second-order valence-electron chi connectivity index (χ2n) is 7.21. The number of carbonyl (C=O) groups is 1. The van der Waals surface area contributed by atoms with E-state index in [0.29, 0.717) is 18.9 Å². The molecule has 1 heterocycles. The zero-order valence-electron chi connectivity index (χ0n) is 16.3. The number of rotatable bonds is 10. The number of fused-ring (bicyclic) bond motifs is 1. The molecule has 0 aliphatic carbocycles. The minimum Gasteiger partial charge on any atom is -0.489 e. The predicted molar refractivity (Wildman–Crippen MR) is 111 cm³/mol. The van der Waals surface area contributed by atoms with Gasteiger partial charge in [-0.05, 0) is 36.1 Å². The molecule has 0 saturated heterocycles. The van der Waals surface area contributed by atoms with E-state index in [2.05, 4.69) is 18.8 Å². The molecule has 1 atom stereocenters. The van der Waals surface area contributed by atoms with E-state index in [1.807, 2.05) is 54.7 Å². The van der Waals surface area contributed by atoms with Gasteiger partial charge in [0.2, 0.25) is 0 Å². The SMILES string of the molecule is CCCC(CC)CCC(=O)c1c[nH]c2ccc(OCc3ccccc3)cc12. The van der Waals surface area contributed by atoms with Crippen molar-refractivity contribution in [3.05, 3.63) is 65.9 Å². The molecule has 2 aromatic carbocycles. The summed E-state index contributed by atoms with van der Waals surface area (Å²) in [5, 5.41) is 0.953. The van der Waals surface area contributed by atoms with E-state index in [1.54, 1.807) is 0 Å². The molecule has 3 nitrogen and oxygen atoms in total. The molecule has 0 saturated carbocycles. The minimum absolute atomic E-state index is 0.219. The zero-order chi connectivity index (χ0) is 19.1. The van der Waals surface area contributed by atoms with Crippen LogP contribution in [0, 0.1) is 5.92 Å². The summed E-state index contributed by atoms with van der Waals surface area (Å²) in [4.78, 5) is 16.0. The highest BCUT2D eigenvalue weighted by molar-refractivity contribution is 6.08. The Balaban J connectivity index is 1.69. The van der Waals surface area contributed by atoms with Crippen LogP contribution in [0.25, 0.3) is 10.9 Å². The minimum atomic E-state index is 0.219. The Morgan fingerprint density at radius 2 is 1.89 bits per heavy atom. The van der Waals surface area contributed by atoms with Gasteiger partial charge in [0.1, 0.15) is 12.4 Å². The Labute approximate surface area is 161 Å². The molecule has 0 bridgehead atoms. The maximum Gasteiger partial charge on any atom is 0.165 e. The van der Waals surface area contributed by atoms with Gasteiger partial charge in [-0.15, -0.1) is 0 Å². The molecule has 0 radical (unpaired) electrons. The molecule has 0 aliphatic rings. The number of hydrogen-bond acceptors (Lipinski definition) is 2. The zero-order valence-corrected chi connectivity index (χ0v) is 16.3. The van der Waals surface area contributed by atoms with Gasteiger partial charge in [-0.2, -0.15) is 0 Å². The van der Waals surface area contributed by atoms with E-state index < -0.39 is 0 Å². The number of ketones is 1. The summed E-state index contributed by atoms with van der Waals surface area (Å²) in [7, 11) is 0. The van der Waals surface area contributed by atoms with Crippen molar-refractivity contribution < 1.29 is 9.53 Å². The molecule has 3 heteroatoms. The lowest BCUT2D eigenvalue weighted by atomic mass is 9.93. The van der Waals surface area contributed by atoms with Crippen LogP contribution >= 0.6 is 0 Å². The summed E-state index contributed by atoms with van der Waals surface area (Å²) in [6.07, 6.45) is 6.96. The van der Waals surface area contributed by atoms with Crippen LogP contribution in [-0.2, 0) is 6.61 Å². The Kier molecular flexibility index (Phi) is 6.69. The van der Waals surface area contributed by atoms with Gasteiger partial charge in [-0.3, -0.25) is 4.79 Å². The second-order valence-corrected chi connectivity index (χ2v) is 7.21. The number of aromatic amines is 1. The average Bonchev–Trinajstić information content (AvgIpc) is 3.13. The first-order valence-electron chi connectivity index (χ1n) is 10.0. The van der Waals surface area contributed by atoms with Gasteiger partial charge >= 0.3 is 0 Å². The summed E-state index contributed by atoms with van der Waals surface area (Å²) in [6, 6.07) is 16.0. The Bertz CT molecular complexity index is 866. The lowest BCUT2D eigenvalue weighted by Gasteiger charge is -2.12.